The molecule has 8 rings (SSSR count). The predicted octanol–water partition coefficient (Wildman–Crippen LogP) is 5.93. The zero-order valence-electron chi connectivity index (χ0n) is 37.4. The minimum absolute atomic E-state index is 0.0393. The summed E-state index contributed by atoms with van der Waals surface area (Å²) in [4.78, 5) is 77.8. The number of ketones is 1. The van der Waals surface area contributed by atoms with Gasteiger partial charge in [-0.15, -0.1) is 0 Å². The molecule has 1 aromatic heterocycles. The van der Waals surface area contributed by atoms with E-state index in [-0.39, 0.29) is 92.7 Å². The van der Waals surface area contributed by atoms with Crippen molar-refractivity contribution in [2.45, 2.75) is 44.8 Å². The molecule has 1 unspecified atom stereocenters. The first-order valence-corrected chi connectivity index (χ1v) is 22.8. The topological polar surface area (TPSA) is 200 Å². The van der Waals surface area contributed by atoms with Crippen LogP contribution in [0.1, 0.15) is 67.8 Å². The Kier molecular flexibility index (Phi) is 16.2. The van der Waals surface area contributed by atoms with Crippen molar-refractivity contribution in [2.24, 2.45) is 4.99 Å². The van der Waals surface area contributed by atoms with Crippen molar-refractivity contribution in [3.8, 4) is 11.3 Å². The van der Waals surface area contributed by atoms with E-state index >= 15 is 0 Å². The number of hydrogen-bond acceptors (Lipinski definition) is 13. The molecule has 16 nitrogen and oxygen atoms in total. The number of imide groups is 1. The second-order valence-electron chi connectivity index (χ2n) is 16.2. The van der Waals surface area contributed by atoms with Gasteiger partial charge in [0.05, 0.1) is 76.4 Å². The van der Waals surface area contributed by atoms with Crippen LogP contribution in [0, 0.1) is 11.6 Å². The molecule has 3 N–H and O–H groups in total. The highest BCUT2D eigenvalue weighted by Gasteiger charge is 2.40. The molecule has 0 spiro atoms. The van der Waals surface area contributed by atoms with Gasteiger partial charge in [-0.05, 0) is 72.1 Å². The number of benzene rings is 4. The molecule has 4 amide bonds. The number of nitrogens with one attached hydrogen (secondary N) is 3. The lowest BCUT2D eigenvalue weighted by atomic mass is 9.95. The summed E-state index contributed by atoms with van der Waals surface area (Å²) in [5.41, 5.74) is 5.12. The van der Waals surface area contributed by atoms with E-state index in [9.17, 15) is 32.8 Å². The van der Waals surface area contributed by atoms with Crippen molar-refractivity contribution >= 4 is 58.4 Å². The molecule has 0 bridgehead atoms. The molecular weight excluding hydrogens is 916 g/mol. The van der Waals surface area contributed by atoms with Crippen LogP contribution in [0.3, 0.4) is 0 Å². The monoisotopic (exact) mass is 963 g/mol. The molecule has 3 aliphatic rings. The number of fused-ring (bicyclic) bond motifs is 4. The predicted molar refractivity (Wildman–Crippen MR) is 249 cm³/mol. The molecular formula is C50H48ClF2N7O9. The van der Waals surface area contributed by atoms with E-state index in [2.05, 4.69) is 25.9 Å². The summed E-state index contributed by atoms with van der Waals surface area (Å²) in [5.74, 6) is -2.63. The van der Waals surface area contributed by atoms with Crippen LogP contribution in [0.15, 0.2) is 90.1 Å². The third-order valence-corrected chi connectivity index (χ3v) is 11.8. The summed E-state index contributed by atoms with van der Waals surface area (Å²) in [5, 5.41) is 8.65. The number of nitrogens with zero attached hydrogens (tertiary/aromatic N) is 4. The lowest BCUT2D eigenvalue weighted by molar-refractivity contribution is -0.137. The number of carbonyl (C=O) groups excluding carboxylic acids is 5. The second kappa shape index (κ2) is 23.0. The van der Waals surface area contributed by atoms with Crippen molar-refractivity contribution in [3.05, 3.63) is 141 Å². The van der Waals surface area contributed by atoms with Crippen molar-refractivity contribution in [1.82, 2.24) is 25.5 Å². The Morgan fingerprint density at radius 1 is 0.812 bits per heavy atom. The number of piperidine rings is 1. The summed E-state index contributed by atoms with van der Waals surface area (Å²) in [6.45, 7) is 3.11. The van der Waals surface area contributed by atoms with E-state index in [4.69, 9.17) is 35.5 Å². The highest BCUT2D eigenvalue weighted by Crippen LogP contribution is 2.35. The number of halogens is 3. The lowest BCUT2D eigenvalue weighted by Crippen LogP contribution is -2.52. The average Bonchev–Trinajstić information content (AvgIpc) is 3.59. The van der Waals surface area contributed by atoms with E-state index in [1.54, 1.807) is 60.8 Å². The molecule has 4 aromatic carbocycles. The lowest BCUT2D eigenvalue weighted by Gasteiger charge is -2.29. The summed E-state index contributed by atoms with van der Waals surface area (Å²) in [6.07, 6.45) is 2.39. The number of hydrogen-bond donors (Lipinski definition) is 3. The molecule has 5 aromatic rings. The number of carbonyl (C=O) groups is 5. The van der Waals surface area contributed by atoms with Gasteiger partial charge in [0.15, 0.2) is 0 Å². The third kappa shape index (κ3) is 12.1. The van der Waals surface area contributed by atoms with Crippen molar-refractivity contribution in [3.63, 3.8) is 0 Å². The molecule has 3 aliphatic heterocycles. The van der Waals surface area contributed by atoms with Crippen LogP contribution in [0.2, 0.25) is 5.02 Å². The first-order chi connectivity index (χ1) is 33.5. The SMILES string of the molecule is O=C(CCOCCOCCOCCOCCNC(=O)c1ccc(Nc2ncc3c(n2)-c2ccc(Cl)cc2C(c2c(F)cccc2F)=NC3)cc1)Cc1cccc2c1CN(C1CCC(=O)NC1=O)C2=O. The van der Waals surface area contributed by atoms with Gasteiger partial charge in [0.25, 0.3) is 11.8 Å². The zero-order valence-corrected chi connectivity index (χ0v) is 38.1. The number of anilines is 2. The highest BCUT2D eigenvalue weighted by atomic mass is 35.5. The van der Waals surface area contributed by atoms with E-state index in [1.165, 1.54) is 23.1 Å². The molecule has 358 valence electrons. The molecule has 1 saturated heterocycles. The average molecular weight is 964 g/mol. The number of ether oxygens (including phenoxy) is 4. The highest BCUT2D eigenvalue weighted by molar-refractivity contribution is 6.31. The number of rotatable bonds is 22. The first kappa shape index (κ1) is 48.6. The molecule has 69 heavy (non-hydrogen) atoms. The van der Waals surface area contributed by atoms with Crippen LogP contribution in [0.4, 0.5) is 20.4 Å². The van der Waals surface area contributed by atoms with Crippen molar-refractivity contribution < 1.29 is 51.7 Å². The van der Waals surface area contributed by atoms with E-state index in [0.29, 0.717) is 90.4 Å². The van der Waals surface area contributed by atoms with Gasteiger partial charge in [-0.25, -0.2) is 18.7 Å². The van der Waals surface area contributed by atoms with Gasteiger partial charge in [0.2, 0.25) is 17.8 Å². The molecule has 0 saturated carbocycles. The number of Topliss-reactive ketones (excluding diaryl/α,β-unsaturated/α-hetero) is 1. The minimum atomic E-state index is -0.742. The largest absolute Gasteiger partial charge is 0.379 e. The first-order valence-electron chi connectivity index (χ1n) is 22.4. The fraction of sp³-hybridized carbons (Fsp3) is 0.320. The Labute approximate surface area is 400 Å². The number of amides is 4. The third-order valence-electron chi connectivity index (χ3n) is 11.6. The Morgan fingerprint density at radius 2 is 1.51 bits per heavy atom. The van der Waals surface area contributed by atoms with E-state index in [1.807, 2.05) is 6.07 Å². The fourth-order valence-corrected chi connectivity index (χ4v) is 8.33. The molecule has 1 atom stereocenters. The minimum Gasteiger partial charge on any atom is -0.379 e. The van der Waals surface area contributed by atoms with Gasteiger partial charge in [0, 0.05) is 77.1 Å². The van der Waals surface area contributed by atoms with Crippen LogP contribution in [0.25, 0.3) is 11.3 Å². The van der Waals surface area contributed by atoms with Crippen LogP contribution >= 0.6 is 11.6 Å². The van der Waals surface area contributed by atoms with Crippen molar-refractivity contribution in [1.29, 1.82) is 0 Å². The Morgan fingerprint density at radius 3 is 2.23 bits per heavy atom. The second-order valence-corrected chi connectivity index (χ2v) is 16.7. The van der Waals surface area contributed by atoms with Crippen LogP contribution < -0.4 is 16.0 Å². The molecule has 19 heteroatoms. The maximum Gasteiger partial charge on any atom is 0.255 e. The molecule has 0 aliphatic carbocycles. The molecule has 1 fully saturated rings. The maximum absolute atomic E-state index is 14.9. The van der Waals surface area contributed by atoms with E-state index < -0.39 is 23.6 Å². The van der Waals surface area contributed by atoms with Gasteiger partial charge in [-0.2, -0.15) is 0 Å². The van der Waals surface area contributed by atoms with Crippen molar-refractivity contribution in [2.75, 3.05) is 64.7 Å². The Hall–Kier alpha value is -6.83. The summed E-state index contributed by atoms with van der Waals surface area (Å²) < 4.78 is 52.0. The summed E-state index contributed by atoms with van der Waals surface area (Å²) >= 11 is 6.34. The summed E-state index contributed by atoms with van der Waals surface area (Å²) in [6, 6.07) is 20.0. The molecule has 0 radical (unpaired) electrons. The van der Waals surface area contributed by atoms with Crippen LogP contribution in [-0.2, 0) is 52.8 Å². The zero-order chi connectivity index (χ0) is 48.3. The summed E-state index contributed by atoms with van der Waals surface area (Å²) in [7, 11) is 0. The van der Waals surface area contributed by atoms with Gasteiger partial charge in [-0.3, -0.25) is 34.3 Å². The van der Waals surface area contributed by atoms with E-state index in [0.717, 1.165) is 11.1 Å². The normalized spacial score (nSPS) is 15.2. The Balaban J connectivity index is 0.666. The standard InChI is InChI=1S/C50H48ClF2N7O9/c51-33-9-12-36-38(26-33)46(44-40(52)5-2-6-41(44)53)55-27-32-28-56-50(59-45(32)36)57-34-10-7-30(8-11-34)47(63)54-16-18-67-20-22-69-24-23-68-21-19-66-17-15-35(61)25-31-3-1-4-37-39(31)29-60(49(37)65)42-13-14-43(62)58-48(42)64/h1-12,26,28,42H,13-25,27,29H2,(H,54,63)(H,56,57,59)(H,58,62,64). The number of aromatic nitrogens is 2. The Bertz CT molecular complexity index is 2760. The smallest absolute Gasteiger partial charge is 0.255 e. The van der Waals surface area contributed by atoms with Gasteiger partial charge in [-0.1, -0.05) is 35.9 Å². The maximum atomic E-state index is 14.9. The van der Waals surface area contributed by atoms with Crippen LogP contribution in [-0.4, -0.2) is 115 Å². The van der Waals surface area contributed by atoms with Crippen LogP contribution in [0.5, 0.6) is 0 Å². The van der Waals surface area contributed by atoms with Gasteiger partial charge >= 0.3 is 0 Å². The quantitative estimate of drug-likeness (QED) is 0.0547. The molecule has 4 heterocycles. The van der Waals surface area contributed by atoms with Gasteiger partial charge < -0.3 is 34.5 Å². The van der Waals surface area contributed by atoms with Gasteiger partial charge in [0.1, 0.15) is 23.5 Å². The fourth-order valence-electron chi connectivity index (χ4n) is 8.16. The number of aliphatic imine (C=N–C) groups is 1.